The summed E-state index contributed by atoms with van der Waals surface area (Å²) in [5, 5.41) is 2.30. The van der Waals surface area contributed by atoms with Crippen LogP contribution in [0, 0.1) is 6.92 Å². The number of carbonyl (C=O) groups is 1. The number of benzene rings is 2. The van der Waals surface area contributed by atoms with Crippen molar-refractivity contribution in [1.82, 2.24) is 0 Å². The molecule has 2 aromatic carbocycles. The Morgan fingerprint density at radius 2 is 1.72 bits per heavy atom. The van der Waals surface area contributed by atoms with Crippen molar-refractivity contribution in [1.29, 1.82) is 0 Å². The Morgan fingerprint density at radius 1 is 1.04 bits per heavy atom. The van der Waals surface area contributed by atoms with Crippen molar-refractivity contribution in [3.63, 3.8) is 0 Å². The third kappa shape index (κ3) is 4.70. The first-order valence-electron chi connectivity index (χ1n) is 9.33. The van der Waals surface area contributed by atoms with Gasteiger partial charge in [-0.25, -0.2) is 0 Å². The lowest BCUT2D eigenvalue weighted by Crippen LogP contribution is -2.87. The van der Waals surface area contributed by atoms with Gasteiger partial charge in [-0.15, -0.1) is 0 Å². The molecule has 3 heteroatoms. The van der Waals surface area contributed by atoms with E-state index in [1.807, 2.05) is 18.2 Å². The summed E-state index contributed by atoms with van der Waals surface area (Å²) in [7, 11) is 0. The largest absolute Gasteiger partial charge is 0.454 e. The van der Waals surface area contributed by atoms with Crippen LogP contribution in [0.4, 0.5) is 0 Å². The van der Waals surface area contributed by atoms with Crippen LogP contribution in [-0.4, -0.2) is 19.1 Å². The first-order chi connectivity index (χ1) is 12.2. The van der Waals surface area contributed by atoms with Crippen molar-refractivity contribution >= 4 is 5.97 Å². The van der Waals surface area contributed by atoms with Crippen LogP contribution in [0.15, 0.2) is 54.6 Å². The molecule has 0 aliphatic carbocycles. The van der Waals surface area contributed by atoms with Gasteiger partial charge in [0.2, 0.25) is 0 Å². The molecular formula is C22H28NO2+. The van der Waals surface area contributed by atoms with Gasteiger partial charge in [0, 0.05) is 19.3 Å². The zero-order valence-electron chi connectivity index (χ0n) is 15.0. The predicted octanol–water partition coefficient (Wildman–Crippen LogP) is 3.11. The van der Waals surface area contributed by atoms with Crippen LogP contribution in [-0.2, 0) is 21.6 Å². The third-order valence-electron chi connectivity index (χ3n) is 5.08. The van der Waals surface area contributed by atoms with Gasteiger partial charge in [-0.1, -0.05) is 60.2 Å². The molecule has 1 aliphatic heterocycles. The van der Waals surface area contributed by atoms with Crippen molar-refractivity contribution in [2.75, 3.05) is 13.1 Å². The van der Waals surface area contributed by atoms with Crippen LogP contribution in [0.2, 0.25) is 0 Å². The molecule has 1 saturated heterocycles. The highest BCUT2D eigenvalue weighted by Gasteiger charge is 2.39. The van der Waals surface area contributed by atoms with Gasteiger partial charge < -0.3 is 10.1 Å². The highest BCUT2D eigenvalue weighted by molar-refractivity contribution is 5.70. The first-order valence-corrected chi connectivity index (χ1v) is 9.33. The highest BCUT2D eigenvalue weighted by atomic mass is 16.6. The lowest BCUT2D eigenvalue weighted by molar-refractivity contribution is -0.668. The molecule has 0 aromatic heterocycles. The van der Waals surface area contributed by atoms with Gasteiger partial charge in [-0.2, -0.15) is 0 Å². The predicted molar refractivity (Wildman–Crippen MR) is 99.2 cm³/mol. The molecule has 0 atom stereocenters. The Balaban J connectivity index is 1.58. The van der Waals surface area contributed by atoms with Crippen LogP contribution in [0.3, 0.4) is 0 Å². The first kappa shape index (κ1) is 17.7. The lowest BCUT2D eigenvalue weighted by Gasteiger charge is -2.36. The van der Waals surface area contributed by atoms with Gasteiger partial charge in [-0.05, 0) is 30.9 Å². The van der Waals surface area contributed by atoms with E-state index in [9.17, 15) is 4.79 Å². The number of quaternary nitrogens is 1. The number of nitrogens with two attached hydrogens (primary N) is 1. The Morgan fingerprint density at radius 3 is 2.40 bits per heavy atom. The molecule has 0 saturated carbocycles. The van der Waals surface area contributed by atoms with Gasteiger partial charge in [-0.3, -0.25) is 4.79 Å². The summed E-state index contributed by atoms with van der Waals surface area (Å²) >= 11 is 0. The second-order valence-electron chi connectivity index (χ2n) is 7.04. The quantitative estimate of drug-likeness (QED) is 0.823. The molecule has 3 rings (SSSR count). The molecule has 25 heavy (non-hydrogen) atoms. The van der Waals surface area contributed by atoms with Crippen molar-refractivity contribution in [3.8, 4) is 0 Å². The molecule has 1 fully saturated rings. The van der Waals surface area contributed by atoms with E-state index in [-0.39, 0.29) is 5.97 Å². The zero-order valence-corrected chi connectivity index (χ0v) is 15.0. The fourth-order valence-electron chi connectivity index (χ4n) is 3.59. The van der Waals surface area contributed by atoms with Gasteiger partial charge >= 0.3 is 5.97 Å². The number of hydrogen-bond donors (Lipinski definition) is 1. The summed E-state index contributed by atoms with van der Waals surface area (Å²) in [5.74, 6) is -0.0714. The van der Waals surface area contributed by atoms with Crippen LogP contribution in [0.1, 0.15) is 42.4 Å². The van der Waals surface area contributed by atoms with Gasteiger partial charge in [0.1, 0.15) is 5.60 Å². The summed E-state index contributed by atoms with van der Waals surface area (Å²) in [6.07, 6.45) is 4.01. The summed E-state index contributed by atoms with van der Waals surface area (Å²) in [6, 6.07) is 18.8. The minimum Gasteiger partial charge on any atom is -0.454 e. The molecule has 1 heterocycles. The van der Waals surface area contributed by atoms with E-state index in [1.165, 1.54) is 11.1 Å². The third-order valence-corrected chi connectivity index (χ3v) is 5.08. The van der Waals surface area contributed by atoms with Crippen molar-refractivity contribution in [2.24, 2.45) is 0 Å². The summed E-state index contributed by atoms with van der Waals surface area (Å²) in [5.41, 5.74) is 3.25. The van der Waals surface area contributed by atoms with Crippen LogP contribution < -0.4 is 5.32 Å². The topological polar surface area (TPSA) is 42.9 Å². The Bertz CT molecular complexity index is 673. The summed E-state index contributed by atoms with van der Waals surface area (Å²) in [6.45, 7) is 4.10. The molecule has 0 bridgehead atoms. The average molecular weight is 338 g/mol. The Hall–Kier alpha value is -2.13. The van der Waals surface area contributed by atoms with Gasteiger partial charge in [0.15, 0.2) is 0 Å². The van der Waals surface area contributed by atoms with Crippen LogP contribution >= 0.6 is 0 Å². The zero-order chi connectivity index (χ0) is 17.5. The number of rotatable bonds is 6. The number of piperidine rings is 1. The molecule has 0 radical (unpaired) electrons. The van der Waals surface area contributed by atoms with Crippen LogP contribution in [0.5, 0.6) is 0 Å². The maximum atomic E-state index is 12.5. The molecular weight excluding hydrogens is 310 g/mol. The molecule has 3 nitrogen and oxygen atoms in total. The second kappa shape index (κ2) is 8.30. The molecule has 0 amide bonds. The molecule has 0 unspecified atom stereocenters. The average Bonchev–Trinajstić information content (AvgIpc) is 2.65. The fraction of sp³-hybridized carbons (Fsp3) is 0.409. The summed E-state index contributed by atoms with van der Waals surface area (Å²) in [4.78, 5) is 12.5. The molecule has 2 N–H and O–H groups in total. The molecule has 0 spiro atoms. The molecule has 132 valence electrons. The second-order valence-corrected chi connectivity index (χ2v) is 7.04. The maximum absolute atomic E-state index is 12.5. The number of carbonyl (C=O) groups excluding carboxylic acids is 1. The standard InChI is InChI=1S/C22H27NO2/c1-18-10-12-19(13-11-18)6-5-9-21(24)25-22(14-16-23-17-15-22)20-7-3-2-4-8-20/h2-4,7-8,10-13,23H,5-6,9,14-17H2,1H3/p+1. The monoisotopic (exact) mass is 338 g/mol. The number of aryl methyl sites for hydroxylation is 2. The summed E-state index contributed by atoms with van der Waals surface area (Å²) < 4.78 is 6.06. The van der Waals surface area contributed by atoms with Crippen molar-refractivity contribution < 1.29 is 14.8 Å². The number of ether oxygens (including phenoxy) is 1. The SMILES string of the molecule is Cc1ccc(CCCC(=O)OC2(c3ccccc3)CC[NH2+]CC2)cc1. The molecule has 1 aliphatic rings. The van der Waals surface area contributed by atoms with E-state index in [0.717, 1.165) is 44.3 Å². The molecule has 2 aromatic rings. The van der Waals surface area contributed by atoms with Gasteiger partial charge in [0.05, 0.1) is 13.1 Å². The van der Waals surface area contributed by atoms with E-state index >= 15 is 0 Å². The lowest BCUT2D eigenvalue weighted by atomic mass is 9.84. The minimum absolute atomic E-state index is 0.0714. The van der Waals surface area contributed by atoms with Crippen LogP contribution in [0.25, 0.3) is 0 Å². The minimum atomic E-state index is -0.434. The normalized spacial score (nSPS) is 16.4. The van der Waals surface area contributed by atoms with Crippen molar-refractivity contribution in [3.05, 3.63) is 71.3 Å². The number of esters is 1. The number of hydrogen-bond acceptors (Lipinski definition) is 2. The van der Waals surface area contributed by atoms with Gasteiger partial charge in [0.25, 0.3) is 0 Å². The highest BCUT2D eigenvalue weighted by Crippen LogP contribution is 2.34. The Labute approximate surface area is 150 Å². The van der Waals surface area contributed by atoms with E-state index in [0.29, 0.717) is 6.42 Å². The Kier molecular flexibility index (Phi) is 5.87. The maximum Gasteiger partial charge on any atom is 0.306 e. The fourth-order valence-corrected chi connectivity index (χ4v) is 3.59. The van der Waals surface area contributed by atoms with E-state index in [1.54, 1.807) is 0 Å². The van der Waals surface area contributed by atoms with E-state index < -0.39 is 5.60 Å². The van der Waals surface area contributed by atoms with Crippen molar-refractivity contribution in [2.45, 2.75) is 44.6 Å². The van der Waals surface area contributed by atoms with E-state index in [2.05, 4.69) is 48.6 Å². The van der Waals surface area contributed by atoms with E-state index in [4.69, 9.17) is 4.74 Å². The smallest absolute Gasteiger partial charge is 0.306 e.